The van der Waals surface area contributed by atoms with Crippen LogP contribution < -0.4 is 0 Å². The molecular weight excluding hydrogens is 192 g/mol. The van der Waals surface area contributed by atoms with Crippen LogP contribution >= 0.6 is 0 Å². The lowest BCUT2D eigenvalue weighted by molar-refractivity contribution is -0.157. The normalized spacial score (nSPS) is 54.8. The molecule has 0 amide bonds. The van der Waals surface area contributed by atoms with Crippen molar-refractivity contribution in [1.82, 2.24) is 0 Å². The Hall–Kier alpha value is -0.570. The van der Waals surface area contributed by atoms with E-state index in [4.69, 9.17) is 9.47 Å². The standard InChI is InChI=1S/C12H18O3/c1-6-7-5-12(14-4)9(11(7,2)3)8(6)15-10(12)13/h6-9H,5H2,1-4H3. The molecule has 0 spiro atoms. The summed E-state index contributed by atoms with van der Waals surface area (Å²) in [6.45, 7) is 6.71. The monoisotopic (exact) mass is 210 g/mol. The SMILES string of the molecule is COC12CC3C(C)C(OC1=O)C2C3(C)C. The summed E-state index contributed by atoms with van der Waals surface area (Å²) in [6.07, 6.45) is 0.934. The fourth-order valence-corrected chi connectivity index (χ4v) is 4.54. The first-order valence-electron chi connectivity index (χ1n) is 5.71. The summed E-state index contributed by atoms with van der Waals surface area (Å²) in [7, 11) is 1.64. The minimum atomic E-state index is -0.620. The van der Waals surface area contributed by atoms with Crippen LogP contribution in [0.2, 0.25) is 0 Å². The third-order valence-electron chi connectivity index (χ3n) is 5.22. The van der Waals surface area contributed by atoms with Gasteiger partial charge in [-0.25, -0.2) is 4.79 Å². The quantitative estimate of drug-likeness (QED) is 0.617. The zero-order chi connectivity index (χ0) is 11.0. The average Bonchev–Trinajstić information content (AvgIpc) is 2.63. The summed E-state index contributed by atoms with van der Waals surface area (Å²) < 4.78 is 11.1. The van der Waals surface area contributed by atoms with Crippen LogP contribution in [0.3, 0.4) is 0 Å². The molecule has 5 unspecified atom stereocenters. The molecule has 2 saturated carbocycles. The molecule has 1 heterocycles. The molecule has 2 bridgehead atoms. The molecule has 5 atom stereocenters. The van der Waals surface area contributed by atoms with Gasteiger partial charge in [0, 0.05) is 13.0 Å². The van der Waals surface area contributed by atoms with Crippen LogP contribution in [0.4, 0.5) is 0 Å². The number of carbonyl (C=O) groups is 1. The second-order valence-electron chi connectivity index (χ2n) is 5.93. The Morgan fingerprint density at radius 3 is 2.67 bits per heavy atom. The summed E-state index contributed by atoms with van der Waals surface area (Å²) in [5.41, 5.74) is -0.447. The summed E-state index contributed by atoms with van der Waals surface area (Å²) in [4.78, 5) is 11.9. The van der Waals surface area contributed by atoms with Crippen LogP contribution in [0.1, 0.15) is 27.2 Å². The van der Waals surface area contributed by atoms with E-state index in [1.54, 1.807) is 7.11 Å². The predicted molar refractivity (Wildman–Crippen MR) is 54.2 cm³/mol. The van der Waals surface area contributed by atoms with E-state index in [1.807, 2.05) is 0 Å². The molecule has 0 aromatic rings. The van der Waals surface area contributed by atoms with Gasteiger partial charge in [0.1, 0.15) is 6.10 Å². The highest BCUT2D eigenvalue weighted by Crippen LogP contribution is 2.68. The molecule has 0 N–H and O–H groups in total. The minimum Gasteiger partial charge on any atom is -0.459 e. The summed E-state index contributed by atoms with van der Waals surface area (Å²) in [5.74, 6) is 1.17. The maximum absolute atomic E-state index is 11.9. The third kappa shape index (κ3) is 0.780. The largest absolute Gasteiger partial charge is 0.459 e. The van der Waals surface area contributed by atoms with Gasteiger partial charge in [-0.2, -0.15) is 0 Å². The highest BCUT2D eigenvalue weighted by Gasteiger charge is 2.76. The highest BCUT2D eigenvalue weighted by atomic mass is 16.6. The van der Waals surface area contributed by atoms with Crippen LogP contribution in [0.5, 0.6) is 0 Å². The van der Waals surface area contributed by atoms with Crippen LogP contribution in [0, 0.1) is 23.2 Å². The number of carbonyl (C=O) groups excluding carboxylic acids is 1. The molecule has 0 aromatic heterocycles. The Labute approximate surface area is 90.1 Å². The highest BCUT2D eigenvalue weighted by molar-refractivity contribution is 5.84. The Bertz CT molecular complexity index is 336. The molecular formula is C12H18O3. The molecule has 3 rings (SSSR count). The zero-order valence-electron chi connectivity index (χ0n) is 9.74. The van der Waals surface area contributed by atoms with E-state index in [0.29, 0.717) is 11.8 Å². The van der Waals surface area contributed by atoms with Gasteiger partial charge in [-0.15, -0.1) is 0 Å². The van der Waals surface area contributed by atoms with E-state index in [9.17, 15) is 4.79 Å². The van der Waals surface area contributed by atoms with Crippen molar-refractivity contribution in [1.29, 1.82) is 0 Å². The van der Waals surface area contributed by atoms with Crippen LogP contribution in [0.25, 0.3) is 0 Å². The Kier molecular flexibility index (Phi) is 1.54. The summed E-state index contributed by atoms with van der Waals surface area (Å²) in [6, 6.07) is 0. The smallest absolute Gasteiger partial charge is 0.339 e. The Morgan fingerprint density at radius 2 is 2.13 bits per heavy atom. The number of esters is 1. The fraction of sp³-hybridized carbons (Fsp3) is 0.917. The molecule has 15 heavy (non-hydrogen) atoms. The van der Waals surface area contributed by atoms with Gasteiger partial charge in [0.15, 0.2) is 5.60 Å². The van der Waals surface area contributed by atoms with Crippen molar-refractivity contribution in [2.75, 3.05) is 7.11 Å². The van der Waals surface area contributed by atoms with Crippen molar-refractivity contribution in [3.8, 4) is 0 Å². The van der Waals surface area contributed by atoms with E-state index in [-0.39, 0.29) is 23.4 Å². The number of hydrogen-bond acceptors (Lipinski definition) is 3. The maximum atomic E-state index is 11.9. The van der Waals surface area contributed by atoms with Crippen molar-refractivity contribution in [3.05, 3.63) is 0 Å². The van der Waals surface area contributed by atoms with Crippen LogP contribution in [-0.4, -0.2) is 24.8 Å². The lowest BCUT2D eigenvalue weighted by Crippen LogP contribution is -2.44. The molecule has 0 aromatic carbocycles. The van der Waals surface area contributed by atoms with Crippen molar-refractivity contribution in [2.45, 2.75) is 38.9 Å². The average molecular weight is 210 g/mol. The molecule has 1 saturated heterocycles. The Morgan fingerprint density at radius 1 is 1.47 bits per heavy atom. The van der Waals surface area contributed by atoms with Crippen molar-refractivity contribution in [2.24, 2.45) is 23.2 Å². The molecule has 1 aliphatic heterocycles. The van der Waals surface area contributed by atoms with Crippen molar-refractivity contribution in [3.63, 3.8) is 0 Å². The second-order valence-corrected chi connectivity index (χ2v) is 5.93. The van der Waals surface area contributed by atoms with E-state index in [0.717, 1.165) is 6.42 Å². The molecule has 3 fully saturated rings. The van der Waals surface area contributed by atoms with Crippen LogP contribution in [-0.2, 0) is 14.3 Å². The van der Waals surface area contributed by atoms with Gasteiger partial charge in [-0.1, -0.05) is 20.8 Å². The van der Waals surface area contributed by atoms with Gasteiger partial charge in [0.2, 0.25) is 0 Å². The number of fused-ring (bicyclic) bond motifs is 1. The Balaban J connectivity index is 2.15. The summed E-state index contributed by atoms with van der Waals surface area (Å²) in [5, 5.41) is 0. The first kappa shape index (κ1) is 9.64. The fourth-order valence-electron chi connectivity index (χ4n) is 4.54. The minimum absolute atomic E-state index is 0.0891. The van der Waals surface area contributed by atoms with Crippen molar-refractivity contribution >= 4 is 5.97 Å². The van der Waals surface area contributed by atoms with E-state index in [1.165, 1.54) is 0 Å². The van der Waals surface area contributed by atoms with Gasteiger partial charge in [-0.05, 0) is 23.7 Å². The molecule has 3 aliphatic rings. The first-order chi connectivity index (χ1) is 6.95. The lowest BCUT2D eigenvalue weighted by Gasteiger charge is -2.29. The molecule has 0 radical (unpaired) electrons. The zero-order valence-corrected chi connectivity index (χ0v) is 9.74. The first-order valence-corrected chi connectivity index (χ1v) is 5.71. The number of rotatable bonds is 1. The molecule has 84 valence electrons. The van der Waals surface area contributed by atoms with Gasteiger partial charge in [-0.3, -0.25) is 0 Å². The molecule has 3 heteroatoms. The third-order valence-corrected chi connectivity index (χ3v) is 5.22. The lowest BCUT2D eigenvalue weighted by atomic mass is 9.78. The van der Waals surface area contributed by atoms with E-state index in [2.05, 4.69) is 20.8 Å². The van der Waals surface area contributed by atoms with Gasteiger partial charge < -0.3 is 9.47 Å². The molecule has 2 aliphatic carbocycles. The van der Waals surface area contributed by atoms with Crippen molar-refractivity contribution < 1.29 is 14.3 Å². The summed E-state index contributed by atoms with van der Waals surface area (Å²) >= 11 is 0. The van der Waals surface area contributed by atoms with Gasteiger partial charge >= 0.3 is 5.97 Å². The number of hydrogen-bond donors (Lipinski definition) is 0. The molecule has 3 nitrogen and oxygen atoms in total. The second kappa shape index (κ2) is 2.40. The topological polar surface area (TPSA) is 35.5 Å². The predicted octanol–water partition coefficient (Wildman–Crippen LogP) is 1.61. The van der Waals surface area contributed by atoms with E-state index < -0.39 is 5.60 Å². The van der Waals surface area contributed by atoms with Crippen LogP contribution in [0.15, 0.2) is 0 Å². The van der Waals surface area contributed by atoms with Gasteiger partial charge in [0.25, 0.3) is 0 Å². The number of methoxy groups -OCH3 is 1. The maximum Gasteiger partial charge on any atom is 0.339 e. The van der Waals surface area contributed by atoms with E-state index >= 15 is 0 Å². The van der Waals surface area contributed by atoms with Gasteiger partial charge in [0.05, 0.1) is 0 Å². The number of ether oxygens (including phenoxy) is 2.